The summed E-state index contributed by atoms with van der Waals surface area (Å²) < 4.78 is 0. The maximum Gasteiger partial charge on any atom is 0.270 e. The van der Waals surface area contributed by atoms with Crippen molar-refractivity contribution in [2.24, 2.45) is 0 Å². The molecule has 1 aliphatic heterocycles. The smallest absolute Gasteiger partial charge is 0.270 e. The van der Waals surface area contributed by atoms with Crippen LogP contribution < -0.4 is 21.7 Å². The Morgan fingerprint density at radius 2 is 2.00 bits per heavy atom. The summed E-state index contributed by atoms with van der Waals surface area (Å²) in [5.41, 5.74) is 13.1. The Hall–Kier alpha value is -2.94. The van der Waals surface area contributed by atoms with Crippen molar-refractivity contribution in [3.05, 3.63) is 34.5 Å². The third-order valence-electron chi connectivity index (χ3n) is 3.74. The van der Waals surface area contributed by atoms with Crippen molar-refractivity contribution in [1.29, 1.82) is 0 Å². The molecule has 1 aromatic heterocycles. The molecule has 0 unspecified atom stereocenters. The number of piperazine rings is 1. The molecule has 1 aromatic carbocycles. The number of nitrogen functional groups attached to an aromatic ring is 2. The zero-order chi connectivity index (χ0) is 16.4. The van der Waals surface area contributed by atoms with Crippen molar-refractivity contribution in [1.82, 2.24) is 15.3 Å². The molecule has 9 nitrogen and oxygen atoms in total. The van der Waals surface area contributed by atoms with Gasteiger partial charge in [-0.3, -0.25) is 10.1 Å². The van der Waals surface area contributed by atoms with Crippen LogP contribution in [0.15, 0.2) is 24.4 Å². The van der Waals surface area contributed by atoms with Gasteiger partial charge in [0, 0.05) is 49.6 Å². The molecule has 0 spiro atoms. The lowest BCUT2D eigenvalue weighted by atomic mass is 10.1. The monoisotopic (exact) mass is 315 g/mol. The molecule has 3 rings (SSSR count). The average molecular weight is 315 g/mol. The minimum absolute atomic E-state index is 0.0159. The van der Waals surface area contributed by atoms with Gasteiger partial charge in [-0.05, 0) is 6.07 Å². The molecule has 5 N–H and O–H groups in total. The van der Waals surface area contributed by atoms with Crippen LogP contribution in [-0.4, -0.2) is 41.1 Å². The van der Waals surface area contributed by atoms with E-state index in [0.29, 0.717) is 11.4 Å². The van der Waals surface area contributed by atoms with E-state index >= 15 is 0 Å². The van der Waals surface area contributed by atoms with Crippen LogP contribution >= 0.6 is 0 Å². The van der Waals surface area contributed by atoms with Crippen LogP contribution in [-0.2, 0) is 0 Å². The average Bonchev–Trinajstić information content (AvgIpc) is 2.57. The van der Waals surface area contributed by atoms with Gasteiger partial charge in [0.1, 0.15) is 0 Å². The minimum atomic E-state index is -0.439. The predicted octanol–water partition coefficient (Wildman–Crippen LogP) is 0.626. The van der Waals surface area contributed by atoms with Gasteiger partial charge in [-0.25, -0.2) is 9.97 Å². The second-order valence-corrected chi connectivity index (χ2v) is 5.23. The lowest BCUT2D eigenvalue weighted by Crippen LogP contribution is -2.43. The lowest BCUT2D eigenvalue weighted by molar-refractivity contribution is -0.384. The van der Waals surface area contributed by atoms with Crippen LogP contribution in [0.5, 0.6) is 0 Å². The maximum absolute atomic E-state index is 11.1. The Bertz CT molecular complexity index is 744. The summed E-state index contributed by atoms with van der Waals surface area (Å²) in [6, 6.07) is 4.69. The highest BCUT2D eigenvalue weighted by atomic mass is 16.6. The third kappa shape index (κ3) is 2.99. The Morgan fingerprint density at radius 1 is 1.26 bits per heavy atom. The maximum atomic E-state index is 11.1. The molecule has 0 bridgehead atoms. The first kappa shape index (κ1) is 15.0. The molecule has 0 amide bonds. The fourth-order valence-electron chi connectivity index (χ4n) is 2.53. The van der Waals surface area contributed by atoms with Gasteiger partial charge >= 0.3 is 0 Å². The first-order chi connectivity index (χ1) is 11.1. The standard InChI is InChI=1S/C14H17N7O2/c15-11-8-18-14(19-13(11)16)10-7-9(21(22)23)1-2-12(10)20-5-3-17-4-6-20/h1-2,7-8,17H,3-6,15H2,(H2,16,18,19). The van der Waals surface area contributed by atoms with Crippen molar-refractivity contribution in [3.63, 3.8) is 0 Å². The second kappa shape index (κ2) is 6.05. The number of nitrogens with one attached hydrogen (secondary N) is 1. The number of non-ortho nitro benzene ring substituents is 1. The summed E-state index contributed by atoms with van der Waals surface area (Å²) in [5.74, 6) is 0.488. The Morgan fingerprint density at radius 3 is 2.65 bits per heavy atom. The van der Waals surface area contributed by atoms with Gasteiger partial charge in [0.15, 0.2) is 11.6 Å². The van der Waals surface area contributed by atoms with Crippen LogP contribution in [0, 0.1) is 10.1 Å². The number of nitro benzene ring substituents is 1. The second-order valence-electron chi connectivity index (χ2n) is 5.23. The fraction of sp³-hybridized carbons (Fsp3) is 0.286. The number of aromatic nitrogens is 2. The predicted molar refractivity (Wildman–Crippen MR) is 88.0 cm³/mol. The van der Waals surface area contributed by atoms with Gasteiger partial charge in [0.05, 0.1) is 16.8 Å². The molecule has 23 heavy (non-hydrogen) atoms. The number of nitrogens with zero attached hydrogens (tertiary/aromatic N) is 4. The molecule has 120 valence electrons. The van der Waals surface area contributed by atoms with E-state index in [1.54, 1.807) is 6.07 Å². The summed E-state index contributed by atoms with van der Waals surface area (Å²) in [7, 11) is 0. The van der Waals surface area contributed by atoms with Crippen LogP contribution in [0.25, 0.3) is 11.4 Å². The van der Waals surface area contributed by atoms with Crippen LogP contribution in [0.3, 0.4) is 0 Å². The van der Waals surface area contributed by atoms with Gasteiger partial charge in [-0.15, -0.1) is 0 Å². The molecule has 1 saturated heterocycles. The fourth-order valence-corrected chi connectivity index (χ4v) is 2.53. The Labute approximate surface area is 132 Å². The van der Waals surface area contributed by atoms with Crippen molar-refractivity contribution >= 4 is 22.9 Å². The van der Waals surface area contributed by atoms with Crippen LogP contribution in [0.1, 0.15) is 0 Å². The Balaban J connectivity index is 2.11. The number of hydrogen-bond acceptors (Lipinski definition) is 8. The van der Waals surface area contributed by atoms with Crippen molar-refractivity contribution in [2.75, 3.05) is 42.5 Å². The highest BCUT2D eigenvalue weighted by Crippen LogP contribution is 2.33. The zero-order valence-corrected chi connectivity index (χ0v) is 12.4. The first-order valence-electron chi connectivity index (χ1n) is 7.19. The number of benzene rings is 1. The molecule has 2 heterocycles. The normalized spacial score (nSPS) is 14.7. The summed E-state index contributed by atoms with van der Waals surface area (Å²) in [5, 5.41) is 14.4. The van der Waals surface area contributed by atoms with Gasteiger partial charge in [0.2, 0.25) is 0 Å². The summed E-state index contributed by atoms with van der Waals surface area (Å²) >= 11 is 0. The van der Waals surface area contributed by atoms with E-state index < -0.39 is 4.92 Å². The molecule has 0 atom stereocenters. The highest BCUT2D eigenvalue weighted by Gasteiger charge is 2.20. The topological polar surface area (TPSA) is 136 Å². The van der Waals surface area contributed by atoms with E-state index in [9.17, 15) is 10.1 Å². The molecule has 9 heteroatoms. The molecule has 2 aromatic rings. The van der Waals surface area contributed by atoms with Crippen LogP contribution in [0.2, 0.25) is 0 Å². The summed E-state index contributed by atoms with van der Waals surface area (Å²) in [6.07, 6.45) is 1.41. The van der Waals surface area contributed by atoms with Gasteiger partial charge in [-0.1, -0.05) is 0 Å². The molecule has 0 aliphatic carbocycles. The Kier molecular flexibility index (Phi) is 3.94. The van der Waals surface area contributed by atoms with Gasteiger partial charge < -0.3 is 21.7 Å². The number of rotatable bonds is 3. The molecule has 1 aliphatic rings. The lowest BCUT2D eigenvalue weighted by Gasteiger charge is -2.30. The number of anilines is 3. The summed E-state index contributed by atoms with van der Waals surface area (Å²) in [6.45, 7) is 3.30. The van der Waals surface area contributed by atoms with E-state index in [4.69, 9.17) is 11.5 Å². The first-order valence-corrected chi connectivity index (χ1v) is 7.19. The minimum Gasteiger partial charge on any atom is -0.394 e. The summed E-state index contributed by atoms with van der Waals surface area (Å²) in [4.78, 5) is 21.2. The SMILES string of the molecule is Nc1cnc(-c2cc([N+](=O)[O-])ccc2N2CCNCC2)nc1N. The van der Waals surface area contributed by atoms with Crippen molar-refractivity contribution < 1.29 is 4.92 Å². The largest absolute Gasteiger partial charge is 0.394 e. The quantitative estimate of drug-likeness (QED) is 0.554. The van der Waals surface area contributed by atoms with E-state index in [1.807, 2.05) is 0 Å². The van der Waals surface area contributed by atoms with Crippen LogP contribution in [0.4, 0.5) is 22.9 Å². The van der Waals surface area contributed by atoms with Gasteiger partial charge in [-0.2, -0.15) is 0 Å². The molecule has 0 saturated carbocycles. The number of nitro groups is 1. The molecular weight excluding hydrogens is 298 g/mol. The van der Waals surface area contributed by atoms with E-state index in [1.165, 1.54) is 18.3 Å². The van der Waals surface area contributed by atoms with E-state index in [2.05, 4.69) is 20.2 Å². The molecular formula is C14H17N7O2. The van der Waals surface area contributed by atoms with E-state index in [-0.39, 0.29) is 17.2 Å². The van der Waals surface area contributed by atoms with Crippen molar-refractivity contribution in [2.45, 2.75) is 0 Å². The van der Waals surface area contributed by atoms with Crippen molar-refractivity contribution in [3.8, 4) is 11.4 Å². The molecule has 1 fully saturated rings. The van der Waals surface area contributed by atoms with Gasteiger partial charge in [0.25, 0.3) is 5.69 Å². The number of hydrogen-bond donors (Lipinski definition) is 3. The third-order valence-corrected chi connectivity index (χ3v) is 3.74. The highest BCUT2D eigenvalue weighted by molar-refractivity contribution is 5.78. The number of nitrogens with two attached hydrogens (primary N) is 2. The molecule has 0 radical (unpaired) electrons. The zero-order valence-electron chi connectivity index (χ0n) is 12.4. The van der Waals surface area contributed by atoms with E-state index in [0.717, 1.165) is 31.9 Å².